The van der Waals surface area contributed by atoms with Crippen molar-refractivity contribution in [3.63, 3.8) is 0 Å². The number of carbonyl (C=O) groups is 1. The van der Waals surface area contributed by atoms with E-state index in [1.165, 1.54) is 19.3 Å². The van der Waals surface area contributed by atoms with Gasteiger partial charge in [-0.25, -0.2) is 0 Å². The lowest BCUT2D eigenvalue weighted by atomic mass is 9.88. The van der Waals surface area contributed by atoms with Crippen molar-refractivity contribution in [1.82, 2.24) is 0 Å². The number of hydrogen-bond donors (Lipinski definition) is 0. The Balaban J connectivity index is 2.11. The predicted molar refractivity (Wildman–Crippen MR) is 75.3 cm³/mol. The fraction of sp³-hybridized carbons (Fsp3) is 0.500. The molecule has 2 nitrogen and oxygen atoms in total. The van der Waals surface area contributed by atoms with Crippen LogP contribution in [0.4, 0.5) is 5.69 Å². The Morgan fingerprint density at radius 3 is 2.44 bits per heavy atom. The monoisotopic (exact) mass is 244 g/mol. The van der Waals surface area contributed by atoms with E-state index in [1.54, 1.807) is 0 Å². The zero-order chi connectivity index (χ0) is 12.8. The Hall–Kier alpha value is -1.31. The Morgan fingerprint density at radius 1 is 1.17 bits per heavy atom. The molecule has 0 spiro atoms. The molecular weight excluding hydrogens is 222 g/mol. The van der Waals surface area contributed by atoms with Crippen molar-refractivity contribution in [2.45, 2.75) is 38.5 Å². The molecule has 2 heteroatoms. The van der Waals surface area contributed by atoms with Crippen molar-refractivity contribution < 1.29 is 4.79 Å². The van der Waals surface area contributed by atoms with E-state index in [9.17, 15) is 4.79 Å². The molecule has 18 heavy (non-hydrogen) atoms. The van der Waals surface area contributed by atoms with Gasteiger partial charge in [0.1, 0.15) is 0 Å². The van der Waals surface area contributed by atoms with Crippen molar-refractivity contribution in [1.29, 1.82) is 0 Å². The maximum atomic E-state index is 12.6. The van der Waals surface area contributed by atoms with Crippen LogP contribution in [-0.4, -0.2) is 12.5 Å². The van der Waals surface area contributed by atoms with Crippen LogP contribution in [-0.2, 0) is 4.79 Å². The molecule has 1 aliphatic rings. The van der Waals surface area contributed by atoms with Gasteiger partial charge in [0.2, 0.25) is 5.91 Å². The Kier molecular flexibility index (Phi) is 4.80. The standard InChI is InChI=1S/C16H22NO/c1-2-13-17(15-11-7-4-8-12-15)16(18)14-9-5-3-6-10-14/h4,7-8,11-12,14H,1-3,5-6,9-10,13H2. The Labute approximate surface area is 110 Å². The first-order valence-corrected chi connectivity index (χ1v) is 6.98. The van der Waals surface area contributed by atoms with Gasteiger partial charge in [0.15, 0.2) is 0 Å². The minimum Gasteiger partial charge on any atom is -0.312 e. The molecule has 0 heterocycles. The first-order valence-electron chi connectivity index (χ1n) is 6.98. The second-order valence-electron chi connectivity index (χ2n) is 5.01. The zero-order valence-corrected chi connectivity index (χ0v) is 11.0. The second kappa shape index (κ2) is 6.58. The van der Waals surface area contributed by atoms with Crippen LogP contribution < -0.4 is 4.90 Å². The van der Waals surface area contributed by atoms with Gasteiger partial charge in [-0.15, -0.1) is 0 Å². The average molecular weight is 244 g/mol. The fourth-order valence-corrected chi connectivity index (χ4v) is 2.70. The highest BCUT2D eigenvalue weighted by molar-refractivity contribution is 5.95. The molecule has 0 bridgehead atoms. The van der Waals surface area contributed by atoms with Crippen molar-refractivity contribution in [2.24, 2.45) is 5.92 Å². The SMILES string of the molecule is [CH2]CCN(C(=O)C1CCCCC1)c1ccccc1. The molecule has 1 saturated carbocycles. The largest absolute Gasteiger partial charge is 0.312 e. The van der Waals surface area contributed by atoms with Gasteiger partial charge in [-0.05, 0) is 31.4 Å². The molecule has 1 radical (unpaired) electrons. The first kappa shape index (κ1) is 13.1. The highest BCUT2D eigenvalue weighted by atomic mass is 16.2. The summed E-state index contributed by atoms with van der Waals surface area (Å²) in [5.74, 6) is 0.523. The summed E-state index contributed by atoms with van der Waals surface area (Å²) in [6, 6.07) is 9.98. The summed E-state index contributed by atoms with van der Waals surface area (Å²) in [6.45, 7) is 4.61. The molecule has 0 saturated heterocycles. The quantitative estimate of drug-likeness (QED) is 0.788. The number of nitrogens with zero attached hydrogens (tertiary/aromatic N) is 1. The number of anilines is 1. The summed E-state index contributed by atoms with van der Waals surface area (Å²) in [5.41, 5.74) is 1.01. The van der Waals surface area contributed by atoms with Gasteiger partial charge >= 0.3 is 0 Å². The van der Waals surface area contributed by atoms with Crippen LogP contribution in [0.2, 0.25) is 0 Å². The zero-order valence-electron chi connectivity index (χ0n) is 11.0. The number of hydrogen-bond acceptors (Lipinski definition) is 1. The molecule has 0 unspecified atom stereocenters. The number of benzene rings is 1. The molecule has 1 aliphatic carbocycles. The topological polar surface area (TPSA) is 20.3 Å². The molecule has 0 atom stereocenters. The molecule has 1 aromatic rings. The summed E-state index contributed by atoms with van der Waals surface area (Å²) >= 11 is 0. The third-order valence-corrected chi connectivity index (χ3v) is 3.67. The van der Waals surface area contributed by atoms with Crippen LogP contribution in [0.3, 0.4) is 0 Å². The smallest absolute Gasteiger partial charge is 0.230 e. The van der Waals surface area contributed by atoms with Gasteiger partial charge in [-0.1, -0.05) is 44.4 Å². The summed E-state index contributed by atoms with van der Waals surface area (Å²) in [6.07, 6.45) is 6.54. The van der Waals surface area contributed by atoms with Crippen molar-refractivity contribution in [3.8, 4) is 0 Å². The molecule has 0 N–H and O–H groups in total. The van der Waals surface area contributed by atoms with E-state index in [4.69, 9.17) is 0 Å². The van der Waals surface area contributed by atoms with Crippen molar-refractivity contribution >= 4 is 11.6 Å². The van der Waals surface area contributed by atoms with Crippen molar-refractivity contribution in [3.05, 3.63) is 37.3 Å². The molecule has 1 fully saturated rings. The number of amides is 1. The van der Waals surface area contributed by atoms with Crippen LogP contribution in [0.25, 0.3) is 0 Å². The molecule has 97 valence electrons. The van der Waals surface area contributed by atoms with Crippen LogP contribution >= 0.6 is 0 Å². The van der Waals surface area contributed by atoms with E-state index in [0.717, 1.165) is 31.5 Å². The van der Waals surface area contributed by atoms with Crippen LogP contribution in [0.15, 0.2) is 30.3 Å². The van der Waals surface area contributed by atoms with Gasteiger partial charge < -0.3 is 4.90 Å². The number of para-hydroxylation sites is 1. The van der Waals surface area contributed by atoms with Gasteiger partial charge in [0, 0.05) is 18.2 Å². The van der Waals surface area contributed by atoms with E-state index in [1.807, 2.05) is 35.2 Å². The first-order chi connectivity index (χ1) is 8.83. The normalized spacial score (nSPS) is 16.5. The predicted octanol–water partition coefficient (Wildman–Crippen LogP) is 3.82. The summed E-state index contributed by atoms with van der Waals surface area (Å²) in [7, 11) is 0. The fourth-order valence-electron chi connectivity index (χ4n) is 2.70. The lowest BCUT2D eigenvalue weighted by Crippen LogP contribution is -2.37. The number of carbonyl (C=O) groups excluding carboxylic acids is 1. The van der Waals surface area contributed by atoms with Gasteiger partial charge in [-0.2, -0.15) is 0 Å². The lowest BCUT2D eigenvalue weighted by Gasteiger charge is -2.29. The van der Waals surface area contributed by atoms with E-state index >= 15 is 0 Å². The summed E-state index contributed by atoms with van der Waals surface area (Å²) in [5, 5.41) is 0. The van der Waals surface area contributed by atoms with Gasteiger partial charge in [-0.3, -0.25) is 4.79 Å². The average Bonchev–Trinajstić information content (AvgIpc) is 2.46. The van der Waals surface area contributed by atoms with E-state index in [0.29, 0.717) is 5.91 Å². The molecule has 0 aliphatic heterocycles. The third-order valence-electron chi connectivity index (χ3n) is 3.67. The summed E-state index contributed by atoms with van der Waals surface area (Å²) in [4.78, 5) is 14.5. The molecule has 2 rings (SSSR count). The van der Waals surface area contributed by atoms with E-state index in [-0.39, 0.29) is 5.92 Å². The maximum absolute atomic E-state index is 12.6. The minimum absolute atomic E-state index is 0.227. The summed E-state index contributed by atoms with van der Waals surface area (Å²) < 4.78 is 0. The van der Waals surface area contributed by atoms with Crippen LogP contribution in [0.5, 0.6) is 0 Å². The minimum atomic E-state index is 0.227. The lowest BCUT2D eigenvalue weighted by molar-refractivity contribution is -0.123. The van der Waals surface area contributed by atoms with Crippen LogP contribution in [0, 0.1) is 12.8 Å². The molecule has 0 aromatic heterocycles. The molecular formula is C16H22NO. The number of rotatable bonds is 4. The molecule has 1 aromatic carbocycles. The second-order valence-corrected chi connectivity index (χ2v) is 5.01. The highest BCUT2D eigenvalue weighted by Crippen LogP contribution is 2.27. The van der Waals surface area contributed by atoms with Gasteiger partial charge in [0.25, 0.3) is 0 Å². The van der Waals surface area contributed by atoms with Crippen molar-refractivity contribution in [2.75, 3.05) is 11.4 Å². The van der Waals surface area contributed by atoms with Gasteiger partial charge in [0.05, 0.1) is 0 Å². The Morgan fingerprint density at radius 2 is 1.83 bits per heavy atom. The third kappa shape index (κ3) is 3.12. The maximum Gasteiger partial charge on any atom is 0.230 e. The van der Waals surface area contributed by atoms with E-state index in [2.05, 4.69) is 6.92 Å². The van der Waals surface area contributed by atoms with E-state index < -0.39 is 0 Å². The Bertz CT molecular complexity index is 368. The van der Waals surface area contributed by atoms with Crippen LogP contribution in [0.1, 0.15) is 38.5 Å². The molecule has 1 amide bonds. The highest BCUT2D eigenvalue weighted by Gasteiger charge is 2.26.